The molecule has 122 valence electrons. The van der Waals surface area contributed by atoms with Crippen LogP contribution in [-0.4, -0.2) is 4.90 Å². The van der Waals surface area contributed by atoms with E-state index in [1.165, 1.54) is 22.3 Å². The highest BCUT2D eigenvalue weighted by molar-refractivity contribution is 5.29. The summed E-state index contributed by atoms with van der Waals surface area (Å²) >= 11 is 0. The smallest absolute Gasteiger partial charge is 0.0329 e. The summed E-state index contributed by atoms with van der Waals surface area (Å²) in [6, 6.07) is 30.6. The van der Waals surface area contributed by atoms with Crippen molar-refractivity contribution in [3.63, 3.8) is 0 Å². The first-order valence-electron chi connectivity index (χ1n) is 8.61. The number of hydrogen-bond donors (Lipinski definition) is 0. The third-order valence-corrected chi connectivity index (χ3v) is 4.64. The molecular weight excluding hydrogens is 290 g/mol. The second-order valence-electron chi connectivity index (χ2n) is 6.41. The maximum Gasteiger partial charge on any atom is 0.0329 e. The van der Waals surface area contributed by atoms with Crippen LogP contribution in [-0.2, 0) is 13.1 Å². The monoisotopic (exact) mass is 315 g/mol. The van der Waals surface area contributed by atoms with E-state index in [1.807, 2.05) is 0 Å². The van der Waals surface area contributed by atoms with E-state index in [0.717, 1.165) is 13.1 Å². The van der Waals surface area contributed by atoms with Crippen LogP contribution in [0.5, 0.6) is 0 Å². The predicted octanol–water partition coefficient (Wildman–Crippen LogP) is 5.76. The standard InChI is InChI=1S/C23H25N/c1-19-11-9-10-16-23(19)20(2)24(17-21-12-5-3-6-13-21)18-22-14-7-4-8-15-22/h3-16,20H,17-18H2,1-2H3/t20-/m0/s1. The molecule has 0 aliphatic carbocycles. The Morgan fingerprint density at radius 3 is 1.62 bits per heavy atom. The number of nitrogens with zero attached hydrogens (tertiary/aromatic N) is 1. The Morgan fingerprint density at radius 1 is 0.667 bits per heavy atom. The van der Waals surface area contributed by atoms with Crippen molar-refractivity contribution >= 4 is 0 Å². The highest BCUT2D eigenvalue weighted by atomic mass is 15.1. The first-order valence-corrected chi connectivity index (χ1v) is 8.61. The van der Waals surface area contributed by atoms with E-state index in [-0.39, 0.29) is 0 Å². The zero-order valence-corrected chi connectivity index (χ0v) is 14.5. The molecule has 0 aromatic heterocycles. The van der Waals surface area contributed by atoms with E-state index in [2.05, 4.69) is 104 Å². The largest absolute Gasteiger partial charge is 0.288 e. The van der Waals surface area contributed by atoms with Crippen LogP contribution in [0.15, 0.2) is 84.9 Å². The Balaban J connectivity index is 1.87. The highest BCUT2D eigenvalue weighted by Gasteiger charge is 2.18. The van der Waals surface area contributed by atoms with Gasteiger partial charge >= 0.3 is 0 Å². The third-order valence-electron chi connectivity index (χ3n) is 4.64. The van der Waals surface area contributed by atoms with Crippen LogP contribution in [0.4, 0.5) is 0 Å². The molecule has 1 nitrogen and oxygen atoms in total. The maximum absolute atomic E-state index is 2.55. The molecule has 0 aliphatic heterocycles. The summed E-state index contributed by atoms with van der Waals surface area (Å²) in [5.74, 6) is 0. The lowest BCUT2D eigenvalue weighted by molar-refractivity contribution is 0.191. The molecule has 1 atom stereocenters. The van der Waals surface area contributed by atoms with E-state index in [1.54, 1.807) is 0 Å². The van der Waals surface area contributed by atoms with Crippen molar-refractivity contribution in [2.45, 2.75) is 33.0 Å². The molecule has 0 unspecified atom stereocenters. The van der Waals surface area contributed by atoms with Gasteiger partial charge in [-0.3, -0.25) is 4.90 Å². The van der Waals surface area contributed by atoms with Crippen LogP contribution < -0.4 is 0 Å². The van der Waals surface area contributed by atoms with Gasteiger partial charge in [0, 0.05) is 19.1 Å². The quantitative estimate of drug-likeness (QED) is 0.559. The van der Waals surface area contributed by atoms with Gasteiger partial charge in [-0.2, -0.15) is 0 Å². The van der Waals surface area contributed by atoms with Gasteiger partial charge in [0.15, 0.2) is 0 Å². The van der Waals surface area contributed by atoms with Gasteiger partial charge in [0.1, 0.15) is 0 Å². The van der Waals surface area contributed by atoms with Crippen LogP contribution >= 0.6 is 0 Å². The molecular formula is C23H25N. The van der Waals surface area contributed by atoms with Crippen molar-refractivity contribution < 1.29 is 0 Å². The Kier molecular flexibility index (Phi) is 5.45. The predicted molar refractivity (Wildman–Crippen MR) is 102 cm³/mol. The fourth-order valence-corrected chi connectivity index (χ4v) is 3.22. The molecule has 3 aromatic rings. The van der Waals surface area contributed by atoms with Gasteiger partial charge in [0.2, 0.25) is 0 Å². The normalized spacial score (nSPS) is 12.3. The SMILES string of the molecule is Cc1ccccc1[C@H](C)N(Cc1ccccc1)Cc1ccccc1. The van der Waals surface area contributed by atoms with Crippen molar-refractivity contribution in [1.29, 1.82) is 0 Å². The molecule has 0 saturated carbocycles. The summed E-state index contributed by atoms with van der Waals surface area (Å²) in [6.07, 6.45) is 0. The van der Waals surface area contributed by atoms with Gasteiger partial charge < -0.3 is 0 Å². The van der Waals surface area contributed by atoms with Gasteiger partial charge in [0.25, 0.3) is 0 Å². The summed E-state index contributed by atoms with van der Waals surface area (Å²) in [5, 5.41) is 0. The van der Waals surface area contributed by atoms with Crippen molar-refractivity contribution in [1.82, 2.24) is 4.90 Å². The molecule has 0 fully saturated rings. The van der Waals surface area contributed by atoms with Crippen LogP contribution in [0.3, 0.4) is 0 Å². The number of rotatable bonds is 6. The molecule has 3 aromatic carbocycles. The third kappa shape index (κ3) is 4.12. The number of benzene rings is 3. The van der Waals surface area contributed by atoms with E-state index >= 15 is 0 Å². The minimum Gasteiger partial charge on any atom is -0.288 e. The maximum atomic E-state index is 2.55. The summed E-state index contributed by atoms with van der Waals surface area (Å²) < 4.78 is 0. The summed E-state index contributed by atoms with van der Waals surface area (Å²) in [6.45, 7) is 6.42. The van der Waals surface area contributed by atoms with Crippen LogP contribution in [0.25, 0.3) is 0 Å². The van der Waals surface area contributed by atoms with Gasteiger partial charge in [-0.05, 0) is 36.1 Å². The van der Waals surface area contributed by atoms with Crippen molar-refractivity contribution in [2.24, 2.45) is 0 Å². The second kappa shape index (κ2) is 7.94. The molecule has 0 spiro atoms. The van der Waals surface area contributed by atoms with Crippen molar-refractivity contribution in [3.05, 3.63) is 107 Å². The Bertz CT molecular complexity index is 708. The van der Waals surface area contributed by atoms with Crippen molar-refractivity contribution in [2.75, 3.05) is 0 Å². The van der Waals surface area contributed by atoms with Gasteiger partial charge in [0.05, 0.1) is 0 Å². The topological polar surface area (TPSA) is 3.24 Å². The second-order valence-corrected chi connectivity index (χ2v) is 6.41. The van der Waals surface area contributed by atoms with Gasteiger partial charge in [-0.25, -0.2) is 0 Å². The molecule has 1 heteroatoms. The fourth-order valence-electron chi connectivity index (χ4n) is 3.22. The van der Waals surface area contributed by atoms with E-state index in [0.29, 0.717) is 6.04 Å². The lowest BCUT2D eigenvalue weighted by atomic mass is 10.00. The molecule has 0 radical (unpaired) electrons. The van der Waals surface area contributed by atoms with Crippen molar-refractivity contribution in [3.8, 4) is 0 Å². The van der Waals surface area contributed by atoms with E-state index in [4.69, 9.17) is 0 Å². The first kappa shape index (κ1) is 16.5. The molecule has 0 aliphatic rings. The zero-order valence-electron chi connectivity index (χ0n) is 14.5. The zero-order chi connectivity index (χ0) is 16.8. The molecule has 0 N–H and O–H groups in total. The number of hydrogen-bond acceptors (Lipinski definition) is 1. The first-order chi connectivity index (χ1) is 11.7. The molecule has 0 heterocycles. The van der Waals surface area contributed by atoms with E-state index in [9.17, 15) is 0 Å². The lowest BCUT2D eigenvalue weighted by Crippen LogP contribution is -2.26. The molecule has 0 bridgehead atoms. The molecule has 24 heavy (non-hydrogen) atoms. The van der Waals surface area contributed by atoms with Gasteiger partial charge in [-0.1, -0.05) is 84.9 Å². The highest BCUT2D eigenvalue weighted by Crippen LogP contribution is 2.26. The van der Waals surface area contributed by atoms with E-state index < -0.39 is 0 Å². The van der Waals surface area contributed by atoms with Crippen LogP contribution in [0.2, 0.25) is 0 Å². The molecule has 0 saturated heterocycles. The van der Waals surface area contributed by atoms with Gasteiger partial charge in [-0.15, -0.1) is 0 Å². The average Bonchev–Trinajstić information content (AvgIpc) is 2.63. The molecule has 3 rings (SSSR count). The minimum absolute atomic E-state index is 0.367. The minimum atomic E-state index is 0.367. The summed E-state index contributed by atoms with van der Waals surface area (Å²) in [4.78, 5) is 2.55. The Labute approximate surface area is 145 Å². The van der Waals surface area contributed by atoms with Crippen LogP contribution in [0, 0.1) is 6.92 Å². The number of aryl methyl sites for hydroxylation is 1. The molecule has 0 amide bonds. The average molecular weight is 315 g/mol. The Hall–Kier alpha value is -2.38. The fraction of sp³-hybridized carbons (Fsp3) is 0.217. The summed E-state index contributed by atoms with van der Waals surface area (Å²) in [7, 11) is 0. The Morgan fingerprint density at radius 2 is 1.12 bits per heavy atom. The lowest BCUT2D eigenvalue weighted by Gasteiger charge is -2.30. The van der Waals surface area contributed by atoms with Crippen LogP contribution in [0.1, 0.15) is 35.2 Å². The summed E-state index contributed by atoms with van der Waals surface area (Å²) in [5.41, 5.74) is 5.48.